The minimum Gasteiger partial charge on any atom is -0.460 e. The Morgan fingerprint density at radius 3 is 2.47 bits per heavy atom. The predicted molar refractivity (Wildman–Crippen MR) is 65.4 cm³/mol. The maximum Gasteiger partial charge on any atom is 0.336 e. The maximum absolute atomic E-state index is 14.1. The topological polar surface area (TPSA) is 26.3 Å². The van der Waals surface area contributed by atoms with Crippen LogP contribution in [0.5, 0.6) is 0 Å². The highest BCUT2D eigenvalue weighted by molar-refractivity contribution is 5.89. The summed E-state index contributed by atoms with van der Waals surface area (Å²) in [5.41, 5.74) is 1.09. The summed E-state index contributed by atoms with van der Waals surface area (Å²) >= 11 is 0. The number of carbonyl (C=O) groups excluding carboxylic acids is 1. The van der Waals surface area contributed by atoms with E-state index in [1.54, 1.807) is 39.0 Å². The van der Waals surface area contributed by atoms with Crippen molar-refractivity contribution in [1.29, 1.82) is 0 Å². The van der Waals surface area contributed by atoms with E-state index in [-0.39, 0.29) is 11.7 Å². The van der Waals surface area contributed by atoms with Gasteiger partial charge in [-0.25, -0.2) is 9.18 Å². The fraction of sp³-hybridized carbons (Fsp3) is 0.357. The van der Waals surface area contributed by atoms with Crippen molar-refractivity contribution in [3.05, 3.63) is 47.5 Å². The standard InChI is InChI=1S/C14H17FO2/c1-9(2)17-14(16)11(4)13(15)12-8-6-5-7-10(12)3/h5-9,13H,4H2,1-3H3. The van der Waals surface area contributed by atoms with Crippen LogP contribution in [0.4, 0.5) is 4.39 Å². The number of benzene rings is 1. The van der Waals surface area contributed by atoms with Gasteiger partial charge in [0.25, 0.3) is 0 Å². The van der Waals surface area contributed by atoms with Crippen LogP contribution in [0.15, 0.2) is 36.4 Å². The van der Waals surface area contributed by atoms with Gasteiger partial charge in [-0.05, 0) is 31.9 Å². The number of halogens is 1. The third kappa shape index (κ3) is 3.41. The molecule has 0 aliphatic carbocycles. The number of carbonyl (C=O) groups is 1. The fourth-order valence-electron chi connectivity index (χ4n) is 1.45. The highest BCUT2D eigenvalue weighted by atomic mass is 19.1. The molecule has 1 rings (SSSR count). The van der Waals surface area contributed by atoms with Crippen LogP contribution in [-0.2, 0) is 9.53 Å². The van der Waals surface area contributed by atoms with Crippen molar-refractivity contribution in [3.63, 3.8) is 0 Å². The Hall–Kier alpha value is -1.64. The van der Waals surface area contributed by atoms with Crippen LogP contribution in [-0.4, -0.2) is 12.1 Å². The molecule has 0 aliphatic rings. The molecule has 92 valence electrons. The Kier molecular flexibility index (Phi) is 4.44. The lowest BCUT2D eigenvalue weighted by Crippen LogP contribution is -2.16. The van der Waals surface area contributed by atoms with Crippen molar-refractivity contribution in [2.75, 3.05) is 0 Å². The van der Waals surface area contributed by atoms with Crippen LogP contribution >= 0.6 is 0 Å². The van der Waals surface area contributed by atoms with Gasteiger partial charge in [0.2, 0.25) is 0 Å². The van der Waals surface area contributed by atoms with Crippen LogP contribution in [0.3, 0.4) is 0 Å². The molecule has 1 aromatic carbocycles. The first-order valence-corrected chi connectivity index (χ1v) is 5.53. The van der Waals surface area contributed by atoms with Gasteiger partial charge in [-0.2, -0.15) is 0 Å². The third-order valence-electron chi connectivity index (χ3n) is 2.37. The van der Waals surface area contributed by atoms with E-state index >= 15 is 0 Å². The summed E-state index contributed by atoms with van der Waals surface area (Å²) in [6.45, 7) is 8.70. The Bertz CT molecular complexity index is 424. The molecular formula is C14H17FO2. The molecule has 0 bridgehead atoms. The molecule has 2 nitrogen and oxygen atoms in total. The largest absolute Gasteiger partial charge is 0.460 e. The predicted octanol–water partition coefficient (Wildman–Crippen LogP) is 3.51. The Balaban J connectivity index is 2.84. The second kappa shape index (κ2) is 5.62. The van der Waals surface area contributed by atoms with E-state index in [9.17, 15) is 9.18 Å². The summed E-state index contributed by atoms with van der Waals surface area (Å²) in [6.07, 6.45) is -1.79. The highest BCUT2D eigenvalue weighted by Crippen LogP contribution is 2.28. The number of alkyl halides is 1. The summed E-state index contributed by atoms with van der Waals surface area (Å²) in [5.74, 6) is -0.684. The number of rotatable bonds is 4. The van der Waals surface area contributed by atoms with E-state index in [1.165, 1.54) is 0 Å². The SMILES string of the molecule is C=C(C(=O)OC(C)C)C(F)c1ccccc1C. The van der Waals surface area contributed by atoms with E-state index in [1.807, 2.05) is 6.07 Å². The summed E-state index contributed by atoms with van der Waals surface area (Å²) in [7, 11) is 0. The minimum atomic E-state index is -1.51. The average Bonchev–Trinajstić information content (AvgIpc) is 2.27. The molecule has 1 aromatic rings. The summed E-state index contributed by atoms with van der Waals surface area (Å²) in [6, 6.07) is 6.99. The first-order valence-electron chi connectivity index (χ1n) is 5.53. The molecule has 0 heterocycles. The molecule has 1 unspecified atom stereocenters. The molecule has 0 aromatic heterocycles. The van der Waals surface area contributed by atoms with Crippen molar-refractivity contribution in [2.45, 2.75) is 33.0 Å². The van der Waals surface area contributed by atoms with Crippen LogP contribution in [0.25, 0.3) is 0 Å². The van der Waals surface area contributed by atoms with Gasteiger partial charge >= 0.3 is 5.97 Å². The molecule has 0 aliphatic heterocycles. The molecule has 0 amide bonds. The van der Waals surface area contributed by atoms with Crippen LogP contribution in [0.2, 0.25) is 0 Å². The Morgan fingerprint density at radius 2 is 1.94 bits per heavy atom. The van der Waals surface area contributed by atoms with E-state index in [4.69, 9.17) is 4.74 Å². The molecular weight excluding hydrogens is 219 g/mol. The number of hydrogen-bond donors (Lipinski definition) is 0. The third-order valence-corrected chi connectivity index (χ3v) is 2.37. The monoisotopic (exact) mass is 236 g/mol. The van der Waals surface area contributed by atoms with Gasteiger partial charge < -0.3 is 4.74 Å². The molecule has 1 atom stereocenters. The van der Waals surface area contributed by atoms with Crippen LogP contribution < -0.4 is 0 Å². The van der Waals surface area contributed by atoms with Gasteiger partial charge in [-0.3, -0.25) is 0 Å². The van der Waals surface area contributed by atoms with Gasteiger partial charge in [0, 0.05) is 0 Å². The molecule has 0 N–H and O–H groups in total. The zero-order valence-corrected chi connectivity index (χ0v) is 10.4. The Morgan fingerprint density at radius 1 is 1.35 bits per heavy atom. The number of ether oxygens (including phenoxy) is 1. The fourth-order valence-corrected chi connectivity index (χ4v) is 1.45. The molecule has 0 radical (unpaired) electrons. The van der Waals surface area contributed by atoms with Crippen molar-refractivity contribution in [2.24, 2.45) is 0 Å². The second-order valence-electron chi connectivity index (χ2n) is 4.20. The van der Waals surface area contributed by atoms with Crippen molar-refractivity contribution >= 4 is 5.97 Å². The summed E-state index contributed by atoms with van der Waals surface area (Å²) in [4.78, 5) is 11.5. The molecule has 0 saturated carbocycles. The number of aryl methyl sites for hydroxylation is 1. The molecule has 0 spiro atoms. The lowest BCUT2D eigenvalue weighted by molar-refractivity contribution is -0.143. The maximum atomic E-state index is 14.1. The molecule has 3 heteroatoms. The van der Waals surface area contributed by atoms with Gasteiger partial charge in [0.15, 0.2) is 6.17 Å². The van der Waals surface area contributed by atoms with Crippen LogP contribution in [0, 0.1) is 6.92 Å². The van der Waals surface area contributed by atoms with Crippen LogP contribution in [0.1, 0.15) is 31.1 Å². The van der Waals surface area contributed by atoms with E-state index in [2.05, 4.69) is 6.58 Å². The van der Waals surface area contributed by atoms with Gasteiger partial charge in [0.05, 0.1) is 11.7 Å². The van der Waals surface area contributed by atoms with E-state index < -0.39 is 12.1 Å². The average molecular weight is 236 g/mol. The number of hydrogen-bond acceptors (Lipinski definition) is 2. The molecule has 0 fully saturated rings. The molecule has 17 heavy (non-hydrogen) atoms. The lowest BCUT2D eigenvalue weighted by Gasteiger charge is -2.15. The normalized spacial score (nSPS) is 12.3. The van der Waals surface area contributed by atoms with E-state index in [0.29, 0.717) is 5.56 Å². The zero-order valence-electron chi connectivity index (χ0n) is 10.4. The van der Waals surface area contributed by atoms with E-state index in [0.717, 1.165) is 5.56 Å². The number of esters is 1. The van der Waals surface area contributed by atoms with Gasteiger partial charge in [-0.15, -0.1) is 0 Å². The van der Waals surface area contributed by atoms with Crippen molar-refractivity contribution in [1.82, 2.24) is 0 Å². The van der Waals surface area contributed by atoms with Crippen molar-refractivity contribution in [3.8, 4) is 0 Å². The smallest absolute Gasteiger partial charge is 0.336 e. The highest BCUT2D eigenvalue weighted by Gasteiger charge is 2.23. The zero-order chi connectivity index (χ0) is 13.0. The van der Waals surface area contributed by atoms with Gasteiger partial charge in [-0.1, -0.05) is 30.8 Å². The van der Waals surface area contributed by atoms with Gasteiger partial charge in [0.1, 0.15) is 0 Å². The quantitative estimate of drug-likeness (QED) is 0.590. The summed E-state index contributed by atoms with van der Waals surface area (Å²) in [5, 5.41) is 0. The lowest BCUT2D eigenvalue weighted by atomic mass is 10.00. The first-order chi connectivity index (χ1) is 7.93. The Labute approximate surface area is 101 Å². The minimum absolute atomic E-state index is 0.159. The second-order valence-corrected chi connectivity index (χ2v) is 4.20. The van der Waals surface area contributed by atoms with Crippen molar-refractivity contribution < 1.29 is 13.9 Å². The first kappa shape index (κ1) is 13.4. The molecule has 0 saturated heterocycles. The summed E-state index contributed by atoms with van der Waals surface area (Å²) < 4.78 is 19.0.